The average Bonchev–Trinajstić information content (AvgIpc) is 2.32. The molecule has 0 spiro atoms. The van der Waals surface area contributed by atoms with Crippen LogP contribution in [0.1, 0.15) is 55.2 Å². The van der Waals surface area contributed by atoms with E-state index in [4.69, 9.17) is 0 Å². The van der Waals surface area contributed by atoms with Crippen LogP contribution in [-0.2, 0) is 0 Å². The molecule has 1 saturated heterocycles. The van der Waals surface area contributed by atoms with E-state index in [0.717, 1.165) is 17.7 Å². The quantitative estimate of drug-likeness (QED) is 0.764. The first kappa shape index (κ1) is 13.5. The minimum Gasteiger partial charge on any atom is -0.306 e. The van der Waals surface area contributed by atoms with Crippen LogP contribution in [0.2, 0.25) is 0 Å². The lowest BCUT2D eigenvalue weighted by molar-refractivity contribution is 0.250. The van der Waals surface area contributed by atoms with Gasteiger partial charge < -0.3 is 4.90 Å². The maximum Gasteiger partial charge on any atom is 0.129 e. The number of likely N-dealkylation sites (tertiary alicyclic amines) is 1. The molecular weight excluding hydrogens is 225 g/mol. The topological polar surface area (TPSA) is 3.24 Å². The van der Waals surface area contributed by atoms with Crippen molar-refractivity contribution in [2.45, 2.75) is 45.4 Å². The SMILES string of the molecule is Cc1cc(C2CCCN(C)C2)cc(C(C)C)c1F. The molecule has 1 atom stereocenters. The summed E-state index contributed by atoms with van der Waals surface area (Å²) in [5, 5.41) is 0. The number of aryl methyl sites for hydroxylation is 1. The number of nitrogens with zero attached hydrogens (tertiary/aromatic N) is 1. The number of hydrogen-bond donors (Lipinski definition) is 0. The zero-order valence-electron chi connectivity index (χ0n) is 12.0. The van der Waals surface area contributed by atoms with E-state index in [1.54, 1.807) is 0 Å². The van der Waals surface area contributed by atoms with Crippen molar-refractivity contribution in [1.82, 2.24) is 4.90 Å². The lowest BCUT2D eigenvalue weighted by Gasteiger charge is -2.30. The minimum atomic E-state index is -0.0158. The molecule has 1 heterocycles. The fraction of sp³-hybridized carbons (Fsp3) is 0.625. The number of likely N-dealkylation sites (N-methyl/N-ethyl adjacent to an activating group) is 1. The minimum absolute atomic E-state index is 0.0158. The lowest BCUT2D eigenvalue weighted by atomic mass is 9.87. The van der Waals surface area contributed by atoms with Gasteiger partial charge in [0.1, 0.15) is 5.82 Å². The summed E-state index contributed by atoms with van der Waals surface area (Å²) < 4.78 is 14.1. The van der Waals surface area contributed by atoms with E-state index in [9.17, 15) is 4.39 Å². The number of hydrogen-bond acceptors (Lipinski definition) is 1. The molecule has 0 bridgehead atoms. The average molecular weight is 249 g/mol. The Morgan fingerprint density at radius 3 is 2.67 bits per heavy atom. The van der Waals surface area contributed by atoms with Crippen molar-refractivity contribution in [2.75, 3.05) is 20.1 Å². The Labute approximate surface area is 110 Å². The highest BCUT2D eigenvalue weighted by Gasteiger charge is 2.21. The van der Waals surface area contributed by atoms with Gasteiger partial charge in [-0.2, -0.15) is 0 Å². The second-order valence-corrected chi connectivity index (χ2v) is 6.00. The number of rotatable bonds is 2. The van der Waals surface area contributed by atoms with Crippen LogP contribution in [-0.4, -0.2) is 25.0 Å². The summed E-state index contributed by atoms with van der Waals surface area (Å²) in [5.74, 6) is 0.809. The van der Waals surface area contributed by atoms with Crippen molar-refractivity contribution >= 4 is 0 Å². The Balaban J connectivity index is 2.33. The molecule has 18 heavy (non-hydrogen) atoms. The van der Waals surface area contributed by atoms with E-state index < -0.39 is 0 Å². The summed E-state index contributed by atoms with van der Waals surface area (Å²) in [6, 6.07) is 4.14. The molecular formula is C16H24FN. The normalized spacial score (nSPS) is 21.6. The van der Waals surface area contributed by atoms with Gasteiger partial charge in [-0.05, 0) is 61.9 Å². The Kier molecular flexibility index (Phi) is 4.06. The van der Waals surface area contributed by atoms with Gasteiger partial charge in [0.2, 0.25) is 0 Å². The molecule has 1 unspecified atom stereocenters. The summed E-state index contributed by atoms with van der Waals surface area (Å²) in [6.45, 7) is 8.30. The van der Waals surface area contributed by atoms with Crippen molar-refractivity contribution in [2.24, 2.45) is 0 Å². The molecule has 0 aromatic heterocycles. The van der Waals surface area contributed by atoms with Crippen LogP contribution in [0, 0.1) is 12.7 Å². The van der Waals surface area contributed by atoms with Gasteiger partial charge in [0.05, 0.1) is 0 Å². The van der Waals surface area contributed by atoms with Gasteiger partial charge in [0, 0.05) is 6.54 Å². The van der Waals surface area contributed by atoms with Crippen LogP contribution in [0.25, 0.3) is 0 Å². The van der Waals surface area contributed by atoms with Crippen LogP contribution >= 0.6 is 0 Å². The van der Waals surface area contributed by atoms with Crippen LogP contribution in [0.4, 0.5) is 4.39 Å². The monoisotopic (exact) mass is 249 g/mol. The third-order valence-corrected chi connectivity index (χ3v) is 4.02. The van der Waals surface area contributed by atoms with Crippen LogP contribution in [0.3, 0.4) is 0 Å². The highest BCUT2D eigenvalue weighted by Crippen LogP contribution is 2.31. The first-order valence-corrected chi connectivity index (χ1v) is 6.97. The van der Waals surface area contributed by atoms with E-state index in [0.29, 0.717) is 5.92 Å². The molecule has 100 valence electrons. The summed E-state index contributed by atoms with van der Waals surface area (Å²) in [7, 11) is 2.17. The van der Waals surface area contributed by atoms with Crippen molar-refractivity contribution in [3.8, 4) is 0 Å². The smallest absolute Gasteiger partial charge is 0.129 e. The zero-order valence-corrected chi connectivity index (χ0v) is 12.0. The first-order chi connectivity index (χ1) is 8.49. The molecule has 1 aromatic rings. The molecule has 0 N–H and O–H groups in total. The van der Waals surface area contributed by atoms with E-state index in [2.05, 4.69) is 31.9 Å². The second-order valence-electron chi connectivity index (χ2n) is 6.00. The molecule has 0 aliphatic carbocycles. The predicted molar refractivity (Wildman–Crippen MR) is 74.7 cm³/mol. The third kappa shape index (κ3) is 2.74. The summed E-state index contributed by atoms with van der Waals surface area (Å²) >= 11 is 0. The van der Waals surface area contributed by atoms with Gasteiger partial charge in [-0.1, -0.05) is 26.0 Å². The molecule has 0 radical (unpaired) electrons. The maximum atomic E-state index is 14.1. The van der Waals surface area contributed by atoms with Gasteiger partial charge in [-0.15, -0.1) is 0 Å². The summed E-state index contributed by atoms with van der Waals surface area (Å²) in [6.07, 6.45) is 2.47. The largest absolute Gasteiger partial charge is 0.306 e. The Morgan fingerprint density at radius 2 is 2.06 bits per heavy atom. The van der Waals surface area contributed by atoms with Crippen molar-refractivity contribution in [3.05, 3.63) is 34.6 Å². The molecule has 1 nitrogen and oxygen atoms in total. The molecule has 1 aliphatic rings. The van der Waals surface area contributed by atoms with Gasteiger partial charge in [0.25, 0.3) is 0 Å². The van der Waals surface area contributed by atoms with E-state index >= 15 is 0 Å². The highest BCUT2D eigenvalue weighted by atomic mass is 19.1. The molecule has 1 aromatic carbocycles. The van der Waals surface area contributed by atoms with E-state index in [-0.39, 0.29) is 11.7 Å². The highest BCUT2D eigenvalue weighted by molar-refractivity contribution is 5.35. The first-order valence-electron chi connectivity index (χ1n) is 6.97. The van der Waals surface area contributed by atoms with Gasteiger partial charge in [-0.25, -0.2) is 4.39 Å². The summed E-state index contributed by atoms with van der Waals surface area (Å²) in [5.41, 5.74) is 2.99. The molecule has 0 saturated carbocycles. The Morgan fingerprint density at radius 1 is 1.33 bits per heavy atom. The fourth-order valence-electron chi connectivity index (χ4n) is 2.92. The maximum absolute atomic E-state index is 14.1. The van der Waals surface area contributed by atoms with Crippen LogP contribution in [0.15, 0.2) is 12.1 Å². The summed E-state index contributed by atoms with van der Waals surface area (Å²) in [4.78, 5) is 2.38. The van der Waals surface area contributed by atoms with Gasteiger partial charge in [-0.3, -0.25) is 0 Å². The lowest BCUT2D eigenvalue weighted by Crippen LogP contribution is -2.30. The van der Waals surface area contributed by atoms with Crippen molar-refractivity contribution in [1.29, 1.82) is 0 Å². The number of piperidine rings is 1. The molecule has 0 amide bonds. The predicted octanol–water partition coefficient (Wildman–Crippen LogP) is 4.07. The van der Waals surface area contributed by atoms with E-state index in [1.165, 1.54) is 24.9 Å². The fourth-order valence-corrected chi connectivity index (χ4v) is 2.92. The van der Waals surface area contributed by atoms with Crippen LogP contribution in [0.5, 0.6) is 0 Å². The van der Waals surface area contributed by atoms with Crippen LogP contribution < -0.4 is 0 Å². The number of halogens is 1. The van der Waals surface area contributed by atoms with Crippen molar-refractivity contribution in [3.63, 3.8) is 0 Å². The standard InChI is InChI=1S/C16H24FN/c1-11(2)15-9-14(8-12(3)16(15)17)13-6-5-7-18(4)10-13/h8-9,11,13H,5-7,10H2,1-4H3. The van der Waals surface area contributed by atoms with Crippen molar-refractivity contribution < 1.29 is 4.39 Å². The van der Waals surface area contributed by atoms with Gasteiger partial charge in [0.15, 0.2) is 0 Å². The van der Waals surface area contributed by atoms with E-state index in [1.807, 2.05) is 13.0 Å². The molecule has 2 heteroatoms. The Hall–Kier alpha value is -0.890. The Bertz CT molecular complexity index is 425. The third-order valence-electron chi connectivity index (χ3n) is 4.02. The number of benzene rings is 1. The zero-order chi connectivity index (χ0) is 13.3. The molecule has 1 fully saturated rings. The van der Waals surface area contributed by atoms with Gasteiger partial charge >= 0.3 is 0 Å². The molecule has 2 rings (SSSR count). The molecule has 1 aliphatic heterocycles. The second kappa shape index (κ2) is 5.40.